The normalized spacial score (nSPS) is 26.6. The number of nitrogens with zero attached hydrogens (tertiary/aromatic N) is 1. The Bertz CT molecular complexity index is 823. The van der Waals surface area contributed by atoms with Crippen LogP contribution in [0.1, 0.15) is 13.8 Å². The number of fused-ring (bicyclic) bond motifs is 2. The molecular weight excluding hydrogens is 324 g/mol. The lowest BCUT2D eigenvalue weighted by Crippen LogP contribution is -2.36. The number of hydrogen-bond donors (Lipinski definition) is 2. The highest BCUT2D eigenvalue weighted by Gasteiger charge is 2.54. The molecule has 1 fully saturated rings. The standard InChI is InChI=1S/C18H18N2O5/c1-9(2)14-12-6-7-13(14)16(18(22)23)15(12)17(21)19-10-4-3-5-11(8-10)20(24)25/h3-8,12-13,15-16H,1-2H3,(H,19,21)(H,22,23)/t12-,13-,15+,16-/m0/s1. The summed E-state index contributed by atoms with van der Waals surface area (Å²) < 4.78 is 0. The first kappa shape index (κ1) is 16.9. The van der Waals surface area contributed by atoms with Crippen molar-refractivity contribution in [1.82, 2.24) is 0 Å². The highest BCUT2D eigenvalue weighted by atomic mass is 16.6. The van der Waals surface area contributed by atoms with Crippen LogP contribution in [0.15, 0.2) is 47.6 Å². The molecule has 0 aromatic heterocycles. The molecular formula is C18H18N2O5. The molecule has 0 spiro atoms. The average molecular weight is 342 g/mol. The fraction of sp³-hybridized carbons (Fsp3) is 0.333. The van der Waals surface area contributed by atoms with Crippen molar-refractivity contribution in [1.29, 1.82) is 0 Å². The Kier molecular flexibility index (Phi) is 4.16. The van der Waals surface area contributed by atoms with E-state index in [2.05, 4.69) is 5.32 Å². The second kappa shape index (κ2) is 6.16. The smallest absolute Gasteiger partial charge is 0.308 e. The minimum Gasteiger partial charge on any atom is -0.481 e. The molecule has 1 amide bonds. The maximum Gasteiger partial charge on any atom is 0.308 e. The molecule has 2 bridgehead atoms. The van der Waals surface area contributed by atoms with Gasteiger partial charge < -0.3 is 10.4 Å². The zero-order chi connectivity index (χ0) is 18.3. The van der Waals surface area contributed by atoms with Gasteiger partial charge in [0.05, 0.1) is 16.8 Å². The van der Waals surface area contributed by atoms with Gasteiger partial charge in [0.25, 0.3) is 5.69 Å². The van der Waals surface area contributed by atoms with Crippen molar-refractivity contribution in [2.24, 2.45) is 23.7 Å². The molecule has 2 aliphatic carbocycles. The minimum absolute atomic E-state index is 0.134. The quantitative estimate of drug-likeness (QED) is 0.496. The molecule has 25 heavy (non-hydrogen) atoms. The second-order valence-corrected chi connectivity index (χ2v) is 6.58. The Morgan fingerprint density at radius 3 is 2.36 bits per heavy atom. The number of carboxylic acid groups (broad SMARTS) is 1. The number of rotatable bonds is 4. The summed E-state index contributed by atoms with van der Waals surface area (Å²) in [5, 5.41) is 23.1. The van der Waals surface area contributed by atoms with Crippen LogP contribution in [0, 0.1) is 33.8 Å². The third kappa shape index (κ3) is 2.82. The summed E-state index contributed by atoms with van der Waals surface area (Å²) in [6.45, 7) is 3.84. The number of amides is 1. The first-order chi connectivity index (χ1) is 11.8. The number of nitro groups is 1. The van der Waals surface area contributed by atoms with Gasteiger partial charge in [-0.25, -0.2) is 0 Å². The van der Waals surface area contributed by atoms with Crippen LogP contribution >= 0.6 is 0 Å². The molecule has 7 heteroatoms. The lowest BCUT2D eigenvalue weighted by atomic mass is 9.82. The fourth-order valence-corrected chi connectivity index (χ4v) is 3.96. The summed E-state index contributed by atoms with van der Waals surface area (Å²) in [5.74, 6) is -3.49. The summed E-state index contributed by atoms with van der Waals surface area (Å²) in [5.41, 5.74) is 2.17. The Balaban J connectivity index is 1.90. The van der Waals surface area contributed by atoms with Gasteiger partial charge in [-0.2, -0.15) is 0 Å². The van der Waals surface area contributed by atoms with Crippen LogP contribution in [0.25, 0.3) is 0 Å². The van der Waals surface area contributed by atoms with Gasteiger partial charge in [0.2, 0.25) is 5.91 Å². The monoisotopic (exact) mass is 342 g/mol. The van der Waals surface area contributed by atoms with Crippen LogP contribution in [0.2, 0.25) is 0 Å². The number of nitrogens with one attached hydrogen (secondary N) is 1. The van der Waals surface area contributed by atoms with Gasteiger partial charge in [-0.15, -0.1) is 0 Å². The highest BCUT2D eigenvalue weighted by Crippen LogP contribution is 2.53. The summed E-state index contributed by atoms with van der Waals surface area (Å²) in [4.78, 5) is 34.8. The van der Waals surface area contributed by atoms with Crippen molar-refractivity contribution in [2.45, 2.75) is 13.8 Å². The van der Waals surface area contributed by atoms with E-state index in [-0.39, 0.29) is 23.2 Å². The van der Waals surface area contributed by atoms with E-state index in [1.54, 1.807) is 6.07 Å². The molecule has 2 N–H and O–H groups in total. The largest absolute Gasteiger partial charge is 0.481 e. The van der Waals surface area contributed by atoms with Crippen LogP contribution in [0.4, 0.5) is 11.4 Å². The average Bonchev–Trinajstić information content (AvgIpc) is 3.11. The Morgan fingerprint density at radius 1 is 1.16 bits per heavy atom. The molecule has 1 saturated carbocycles. The van der Waals surface area contributed by atoms with Crippen LogP contribution in [0.3, 0.4) is 0 Å². The minimum atomic E-state index is -1.00. The zero-order valence-corrected chi connectivity index (χ0v) is 13.8. The lowest BCUT2D eigenvalue weighted by molar-refractivity contribution is -0.384. The number of non-ortho nitro benzene ring substituents is 1. The van der Waals surface area contributed by atoms with Crippen molar-refractivity contribution in [3.63, 3.8) is 0 Å². The molecule has 0 radical (unpaired) electrons. The summed E-state index contributed by atoms with van der Waals surface area (Å²) >= 11 is 0. The predicted octanol–water partition coefficient (Wildman–Crippen LogP) is 3.00. The van der Waals surface area contributed by atoms with E-state index in [1.165, 1.54) is 18.2 Å². The van der Waals surface area contributed by atoms with Crippen molar-refractivity contribution in [3.05, 3.63) is 57.7 Å². The van der Waals surface area contributed by atoms with E-state index in [9.17, 15) is 24.8 Å². The number of anilines is 1. The Hall–Kier alpha value is -2.96. The van der Waals surface area contributed by atoms with Gasteiger partial charge in [-0.05, 0) is 19.9 Å². The molecule has 1 aromatic carbocycles. The van der Waals surface area contributed by atoms with Crippen LogP contribution in [0.5, 0.6) is 0 Å². The van der Waals surface area contributed by atoms with Crippen molar-refractivity contribution >= 4 is 23.3 Å². The fourth-order valence-electron chi connectivity index (χ4n) is 3.96. The predicted molar refractivity (Wildman–Crippen MR) is 90.8 cm³/mol. The van der Waals surface area contributed by atoms with E-state index in [1.807, 2.05) is 26.0 Å². The number of hydrogen-bond acceptors (Lipinski definition) is 4. The molecule has 0 unspecified atom stereocenters. The number of aliphatic carboxylic acids is 1. The SMILES string of the molecule is CC(C)=C1[C@@H]2C=C[C@@H]1[C@@H](C(=O)Nc1cccc([N+](=O)[O-])c1)[C@H]2C(=O)O. The molecule has 1 aromatic rings. The van der Waals surface area contributed by atoms with Gasteiger partial charge in [0, 0.05) is 29.7 Å². The maximum atomic E-state index is 12.8. The third-order valence-electron chi connectivity index (χ3n) is 4.89. The number of benzene rings is 1. The van der Waals surface area contributed by atoms with E-state index in [4.69, 9.17) is 0 Å². The van der Waals surface area contributed by atoms with E-state index >= 15 is 0 Å². The molecule has 3 rings (SSSR count). The number of carbonyl (C=O) groups is 2. The highest BCUT2D eigenvalue weighted by molar-refractivity contribution is 5.97. The molecule has 0 saturated heterocycles. The number of nitro benzene ring substituents is 1. The molecule has 0 aliphatic heterocycles. The molecule has 2 aliphatic rings. The van der Waals surface area contributed by atoms with Crippen LogP contribution in [-0.2, 0) is 9.59 Å². The first-order valence-corrected chi connectivity index (χ1v) is 7.95. The van der Waals surface area contributed by atoms with Gasteiger partial charge in [-0.1, -0.05) is 29.4 Å². The lowest BCUT2D eigenvalue weighted by Gasteiger charge is -2.23. The van der Waals surface area contributed by atoms with E-state index < -0.39 is 28.6 Å². The van der Waals surface area contributed by atoms with Crippen molar-refractivity contribution < 1.29 is 19.6 Å². The van der Waals surface area contributed by atoms with E-state index in [0.29, 0.717) is 0 Å². The van der Waals surface area contributed by atoms with Crippen LogP contribution < -0.4 is 5.32 Å². The molecule has 0 heterocycles. The van der Waals surface area contributed by atoms with E-state index in [0.717, 1.165) is 11.1 Å². The maximum absolute atomic E-state index is 12.8. The van der Waals surface area contributed by atoms with Crippen molar-refractivity contribution in [3.8, 4) is 0 Å². The van der Waals surface area contributed by atoms with Gasteiger partial charge >= 0.3 is 5.97 Å². The Morgan fingerprint density at radius 2 is 1.80 bits per heavy atom. The van der Waals surface area contributed by atoms with Crippen molar-refractivity contribution in [2.75, 3.05) is 5.32 Å². The molecule has 7 nitrogen and oxygen atoms in total. The summed E-state index contributed by atoms with van der Waals surface area (Å²) in [6.07, 6.45) is 3.76. The number of carbonyl (C=O) groups excluding carboxylic acids is 1. The van der Waals surface area contributed by atoms with Gasteiger partial charge in [-0.3, -0.25) is 19.7 Å². The topological polar surface area (TPSA) is 110 Å². The molecule has 4 atom stereocenters. The van der Waals surface area contributed by atoms with Gasteiger partial charge in [0.1, 0.15) is 0 Å². The number of carboxylic acids is 1. The summed E-state index contributed by atoms with van der Waals surface area (Å²) in [6, 6.07) is 5.62. The number of allylic oxidation sites excluding steroid dienone is 4. The van der Waals surface area contributed by atoms with Gasteiger partial charge in [0.15, 0.2) is 0 Å². The third-order valence-corrected chi connectivity index (χ3v) is 4.89. The van der Waals surface area contributed by atoms with Crippen LogP contribution in [-0.4, -0.2) is 21.9 Å². The second-order valence-electron chi connectivity index (χ2n) is 6.58. The Labute approximate surface area is 144 Å². The summed E-state index contributed by atoms with van der Waals surface area (Å²) in [7, 11) is 0. The zero-order valence-electron chi connectivity index (χ0n) is 13.8. The molecule has 130 valence electrons. The first-order valence-electron chi connectivity index (χ1n) is 7.95.